The quantitative estimate of drug-likeness (QED) is 0.542. The van der Waals surface area contributed by atoms with Crippen molar-refractivity contribution in [3.63, 3.8) is 0 Å². The lowest BCUT2D eigenvalue weighted by atomic mass is 10.3. The molecule has 0 bridgehead atoms. The van der Waals surface area contributed by atoms with Gasteiger partial charge in [-0.3, -0.25) is 0 Å². The van der Waals surface area contributed by atoms with Crippen molar-refractivity contribution in [2.75, 3.05) is 0 Å². The molecule has 0 saturated carbocycles. The molecule has 15 heavy (non-hydrogen) atoms. The van der Waals surface area contributed by atoms with Crippen LogP contribution in [-0.2, 0) is 0 Å². The average Bonchev–Trinajstić information content (AvgIpc) is 2.08. The Balaban J connectivity index is 3.20. The Hall–Kier alpha value is -1.91. The van der Waals surface area contributed by atoms with Crippen molar-refractivity contribution in [1.29, 1.82) is 5.26 Å². The summed E-state index contributed by atoms with van der Waals surface area (Å²) in [5.41, 5.74) is -0.915. The Morgan fingerprint density at radius 3 is 2.40 bits per heavy atom. The van der Waals surface area contributed by atoms with Crippen LogP contribution in [0.15, 0.2) is 6.07 Å². The normalized spacial score (nSPS) is 10.9. The van der Waals surface area contributed by atoms with E-state index in [-0.39, 0.29) is 0 Å². The first kappa shape index (κ1) is 11.2. The zero-order valence-electron chi connectivity index (χ0n) is 6.77. The second-order valence-corrected chi connectivity index (χ2v) is 2.27. The van der Waals surface area contributed by atoms with Crippen LogP contribution in [0.5, 0.6) is 5.88 Å². The molecule has 0 fully saturated rings. The SMILES string of the molecule is N#Cc1cc(F)nc(OC(F)(F)F)c1F. The van der Waals surface area contributed by atoms with Crippen LogP contribution < -0.4 is 4.74 Å². The molecule has 0 aromatic carbocycles. The lowest BCUT2D eigenvalue weighted by molar-refractivity contribution is -0.277. The van der Waals surface area contributed by atoms with Crippen LogP contribution in [0, 0.1) is 23.1 Å². The van der Waals surface area contributed by atoms with Crippen LogP contribution in [0.2, 0.25) is 0 Å². The molecule has 3 nitrogen and oxygen atoms in total. The third-order valence-electron chi connectivity index (χ3n) is 1.23. The Kier molecular flexibility index (Phi) is 2.74. The number of halogens is 5. The fraction of sp³-hybridized carbons (Fsp3) is 0.143. The molecule has 1 aromatic heterocycles. The zero-order valence-corrected chi connectivity index (χ0v) is 6.77. The van der Waals surface area contributed by atoms with Gasteiger partial charge in [0.15, 0.2) is 0 Å². The number of rotatable bonds is 1. The van der Waals surface area contributed by atoms with Gasteiger partial charge >= 0.3 is 6.36 Å². The summed E-state index contributed by atoms with van der Waals surface area (Å²) in [5, 5.41) is 8.24. The Bertz CT molecular complexity index is 423. The third kappa shape index (κ3) is 2.77. The predicted molar refractivity (Wildman–Crippen MR) is 35.6 cm³/mol. The monoisotopic (exact) mass is 224 g/mol. The molecule has 0 unspecified atom stereocenters. The highest BCUT2D eigenvalue weighted by atomic mass is 19.4. The van der Waals surface area contributed by atoms with Gasteiger partial charge in [0.25, 0.3) is 5.88 Å². The number of nitrogens with zero attached hydrogens (tertiary/aromatic N) is 2. The Morgan fingerprint density at radius 1 is 1.33 bits per heavy atom. The molecule has 0 atom stereocenters. The lowest BCUT2D eigenvalue weighted by Gasteiger charge is -2.08. The molecule has 1 heterocycles. The van der Waals surface area contributed by atoms with Crippen molar-refractivity contribution in [2.45, 2.75) is 6.36 Å². The molecule has 0 aliphatic heterocycles. The molecular formula is C7HF5N2O. The topological polar surface area (TPSA) is 45.9 Å². The standard InChI is InChI=1S/C7HF5N2O/c8-4-1-3(2-13)5(9)6(14-4)15-7(10,11)12/h1H. The Morgan fingerprint density at radius 2 is 1.93 bits per heavy atom. The summed E-state index contributed by atoms with van der Waals surface area (Å²) in [6, 6.07) is 1.52. The van der Waals surface area contributed by atoms with Gasteiger partial charge in [-0.25, -0.2) is 0 Å². The first-order valence-electron chi connectivity index (χ1n) is 3.35. The number of hydrogen-bond donors (Lipinski definition) is 0. The van der Waals surface area contributed by atoms with Gasteiger partial charge in [-0.1, -0.05) is 0 Å². The van der Waals surface area contributed by atoms with Crippen LogP contribution in [0.3, 0.4) is 0 Å². The van der Waals surface area contributed by atoms with Crippen LogP contribution in [-0.4, -0.2) is 11.3 Å². The molecule has 0 aliphatic rings. The minimum Gasteiger partial charge on any atom is -0.384 e. The van der Waals surface area contributed by atoms with E-state index in [0.29, 0.717) is 6.07 Å². The maximum Gasteiger partial charge on any atom is 0.574 e. The summed E-state index contributed by atoms with van der Waals surface area (Å²) in [6.07, 6.45) is -5.20. The molecule has 80 valence electrons. The van der Waals surface area contributed by atoms with Crippen molar-refractivity contribution < 1.29 is 26.7 Å². The Labute approximate surface area is 79.7 Å². The van der Waals surface area contributed by atoms with Crippen molar-refractivity contribution in [1.82, 2.24) is 4.98 Å². The van der Waals surface area contributed by atoms with Crippen molar-refractivity contribution in [3.05, 3.63) is 23.4 Å². The van der Waals surface area contributed by atoms with E-state index in [4.69, 9.17) is 5.26 Å². The van der Waals surface area contributed by atoms with Crippen LogP contribution in [0.1, 0.15) is 5.56 Å². The highest BCUT2D eigenvalue weighted by Crippen LogP contribution is 2.25. The highest BCUT2D eigenvalue weighted by Gasteiger charge is 2.34. The van der Waals surface area contributed by atoms with Crippen LogP contribution >= 0.6 is 0 Å². The highest BCUT2D eigenvalue weighted by molar-refractivity contribution is 5.34. The molecular weight excluding hydrogens is 223 g/mol. The van der Waals surface area contributed by atoms with Gasteiger partial charge in [0, 0.05) is 6.07 Å². The van der Waals surface area contributed by atoms with E-state index in [1.165, 1.54) is 0 Å². The van der Waals surface area contributed by atoms with Crippen molar-refractivity contribution in [2.24, 2.45) is 0 Å². The van der Waals surface area contributed by atoms with Gasteiger partial charge in [0.2, 0.25) is 11.8 Å². The zero-order chi connectivity index (χ0) is 11.6. The average molecular weight is 224 g/mol. The van der Waals surface area contributed by atoms with Gasteiger partial charge < -0.3 is 4.74 Å². The third-order valence-corrected chi connectivity index (χ3v) is 1.23. The first-order chi connectivity index (χ1) is 6.83. The smallest absolute Gasteiger partial charge is 0.384 e. The summed E-state index contributed by atoms with van der Waals surface area (Å²) in [5.74, 6) is -4.71. The number of alkyl halides is 3. The predicted octanol–water partition coefficient (Wildman–Crippen LogP) is 2.13. The molecule has 0 radical (unpaired) electrons. The molecule has 0 spiro atoms. The molecule has 0 aliphatic carbocycles. The van der Waals surface area contributed by atoms with Gasteiger partial charge in [-0.15, -0.1) is 13.2 Å². The number of ether oxygens (including phenoxy) is 1. The minimum atomic E-state index is -5.20. The van der Waals surface area contributed by atoms with E-state index in [9.17, 15) is 22.0 Å². The fourth-order valence-electron chi connectivity index (χ4n) is 0.735. The second kappa shape index (κ2) is 3.68. The minimum absolute atomic E-state index is 0.360. The summed E-state index contributed by atoms with van der Waals surface area (Å²) in [6.45, 7) is 0. The summed E-state index contributed by atoms with van der Waals surface area (Å²) in [4.78, 5) is 2.53. The van der Waals surface area contributed by atoms with Crippen molar-refractivity contribution in [3.8, 4) is 11.9 Å². The van der Waals surface area contributed by atoms with E-state index in [2.05, 4.69) is 9.72 Å². The molecule has 1 rings (SSSR count). The van der Waals surface area contributed by atoms with E-state index in [1.54, 1.807) is 0 Å². The molecule has 0 N–H and O–H groups in total. The second-order valence-electron chi connectivity index (χ2n) is 2.27. The number of nitriles is 1. The fourth-order valence-corrected chi connectivity index (χ4v) is 0.735. The van der Waals surface area contributed by atoms with E-state index < -0.39 is 29.6 Å². The lowest BCUT2D eigenvalue weighted by Crippen LogP contribution is -2.19. The van der Waals surface area contributed by atoms with Crippen LogP contribution in [0.4, 0.5) is 22.0 Å². The molecule has 0 saturated heterocycles. The summed E-state index contributed by atoms with van der Waals surface area (Å²) in [7, 11) is 0. The summed E-state index contributed by atoms with van der Waals surface area (Å²) < 4.78 is 63.4. The van der Waals surface area contributed by atoms with Crippen molar-refractivity contribution >= 4 is 0 Å². The van der Waals surface area contributed by atoms with Crippen LogP contribution in [0.25, 0.3) is 0 Å². The van der Waals surface area contributed by atoms with E-state index in [0.717, 1.165) is 6.07 Å². The largest absolute Gasteiger partial charge is 0.574 e. The van der Waals surface area contributed by atoms with E-state index >= 15 is 0 Å². The maximum atomic E-state index is 12.9. The number of aromatic nitrogens is 1. The number of pyridine rings is 1. The molecule has 0 amide bonds. The first-order valence-corrected chi connectivity index (χ1v) is 3.35. The maximum absolute atomic E-state index is 12.9. The molecule has 8 heteroatoms. The summed E-state index contributed by atoms with van der Waals surface area (Å²) >= 11 is 0. The number of hydrogen-bond acceptors (Lipinski definition) is 3. The van der Waals surface area contributed by atoms with Gasteiger partial charge in [0.1, 0.15) is 6.07 Å². The van der Waals surface area contributed by atoms with Gasteiger partial charge in [0.05, 0.1) is 5.56 Å². The van der Waals surface area contributed by atoms with E-state index in [1.807, 2.05) is 0 Å². The van der Waals surface area contributed by atoms with Gasteiger partial charge in [-0.05, 0) is 0 Å². The molecule has 1 aromatic rings. The van der Waals surface area contributed by atoms with Gasteiger partial charge in [-0.2, -0.15) is 19.0 Å².